The summed E-state index contributed by atoms with van der Waals surface area (Å²) in [6.07, 6.45) is 2.27. The Bertz CT molecular complexity index is 2810. The number of fused-ring (bicyclic) bond motifs is 2. The molecule has 3 aliphatic rings. The second-order valence-electron chi connectivity index (χ2n) is 17.4. The van der Waals surface area contributed by atoms with Crippen molar-refractivity contribution >= 4 is 52.9 Å². The molecule has 0 radical (unpaired) electrons. The summed E-state index contributed by atoms with van der Waals surface area (Å²) in [6.45, 7) is 7.78. The molecule has 1 unspecified atom stereocenters. The fourth-order valence-electron chi connectivity index (χ4n) is 10.7. The Labute approximate surface area is 362 Å². The maximum absolute atomic E-state index is 15.4. The van der Waals surface area contributed by atoms with Crippen LogP contribution in [0.3, 0.4) is 0 Å². The lowest BCUT2D eigenvalue weighted by Crippen LogP contribution is -2.51. The van der Waals surface area contributed by atoms with Crippen molar-refractivity contribution < 1.29 is 24.2 Å². The Hall–Kier alpha value is -6.40. The van der Waals surface area contributed by atoms with Crippen LogP contribution in [0.25, 0.3) is 10.8 Å². The third-order valence-corrected chi connectivity index (χ3v) is 18.1. The number of ether oxygens (including phenoxy) is 2. The third-order valence-electron chi connectivity index (χ3n) is 13.8. The summed E-state index contributed by atoms with van der Waals surface area (Å²) in [5.74, 6) is 0.258. The number of para-hydroxylation sites is 1. The van der Waals surface area contributed by atoms with E-state index >= 15 is 4.79 Å². The van der Waals surface area contributed by atoms with Crippen molar-refractivity contribution in [3.63, 3.8) is 0 Å². The van der Waals surface area contributed by atoms with E-state index in [9.17, 15) is 9.90 Å². The number of amides is 2. The Kier molecular flexibility index (Phi) is 9.93. The number of aliphatic hydroxyl groups is 1. The summed E-state index contributed by atoms with van der Waals surface area (Å²) in [6, 6.07) is 46.2. The first-order chi connectivity index (χ1) is 30.1. The van der Waals surface area contributed by atoms with Gasteiger partial charge >= 0.3 is 0 Å². The number of aryl methyl sites for hydroxylation is 1. The third kappa shape index (κ3) is 6.28. The molecule has 0 saturated carbocycles. The van der Waals surface area contributed by atoms with Gasteiger partial charge in [0, 0.05) is 35.3 Å². The first-order valence-corrected chi connectivity index (χ1v) is 24.5. The summed E-state index contributed by atoms with van der Waals surface area (Å²) in [7, 11) is -0.697. The van der Waals surface area contributed by atoms with E-state index in [-0.39, 0.29) is 41.9 Å². The molecule has 3 aliphatic heterocycles. The lowest BCUT2D eigenvalue weighted by molar-refractivity contribution is -0.146. The molecular formula is C51H49N5O5Si. The van der Waals surface area contributed by atoms with Gasteiger partial charge in [0.05, 0.1) is 63.0 Å². The van der Waals surface area contributed by atoms with Crippen LogP contribution in [0.1, 0.15) is 52.0 Å². The van der Waals surface area contributed by atoms with E-state index in [2.05, 4.69) is 48.5 Å². The predicted octanol–water partition coefficient (Wildman–Crippen LogP) is 8.71. The van der Waals surface area contributed by atoms with Crippen LogP contribution in [-0.4, -0.2) is 59.8 Å². The zero-order chi connectivity index (χ0) is 42.8. The van der Waals surface area contributed by atoms with E-state index < -0.39 is 13.7 Å². The smallest absolute Gasteiger partial charge is 0.264 e. The molecule has 62 heavy (non-hydrogen) atoms. The van der Waals surface area contributed by atoms with Crippen LogP contribution >= 0.6 is 0 Å². The van der Waals surface area contributed by atoms with E-state index in [1.54, 1.807) is 12.0 Å². The largest absolute Gasteiger partial charge is 0.497 e. The highest BCUT2D eigenvalue weighted by Gasteiger charge is 2.66. The molecule has 1 aromatic heterocycles. The molecule has 5 atom stereocenters. The number of hydrogen-bond donors (Lipinski definition) is 1. The van der Waals surface area contributed by atoms with Crippen molar-refractivity contribution in [2.24, 2.45) is 5.92 Å². The molecule has 6 aromatic carbocycles. The van der Waals surface area contributed by atoms with Gasteiger partial charge in [0.2, 0.25) is 0 Å². The highest BCUT2D eigenvalue weighted by molar-refractivity contribution is 6.91. The molecule has 4 heterocycles. The number of aliphatic hydroxyl groups excluding tert-OH is 1. The van der Waals surface area contributed by atoms with Gasteiger partial charge in [-0.05, 0) is 70.9 Å². The van der Waals surface area contributed by atoms with E-state index in [1.807, 2.05) is 137 Å². The first kappa shape index (κ1) is 39.7. The number of nitrogens with zero attached hydrogens (tertiary/aromatic N) is 5. The fourth-order valence-corrected chi connectivity index (χ4v) is 14.8. The highest BCUT2D eigenvalue weighted by atomic mass is 28.3. The van der Waals surface area contributed by atoms with E-state index in [0.717, 1.165) is 50.3 Å². The molecule has 1 saturated heterocycles. The van der Waals surface area contributed by atoms with Crippen LogP contribution in [0.4, 0.5) is 17.1 Å². The highest BCUT2D eigenvalue weighted by Crippen LogP contribution is 2.60. The fraction of sp³-hybridized carbons (Fsp3) is 0.255. The van der Waals surface area contributed by atoms with Crippen molar-refractivity contribution in [3.8, 4) is 5.75 Å². The zero-order valence-electron chi connectivity index (χ0n) is 35.3. The van der Waals surface area contributed by atoms with Crippen molar-refractivity contribution in [2.45, 2.75) is 62.7 Å². The molecule has 10 rings (SSSR count). The number of aromatic nitrogens is 3. The maximum atomic E-state index is 15.4. The number of anilines is 3. The van der Waals surface area contributed by atoms with Crippen LogP contribution in [0, 0.1) is 5.92 Å². The SMILES string of the molecule is COc1ccc([Si](C)(C)[C@H]2[C@H](CCn3cc(C(CO)c4ccccc4)nn3)O[C@@]3(C(=O)N(Cc4ccc(N5C(=O)c6cccc7cccc5c67)cc4)c4ccccc43)[C@@H]2C)cc1. The lowest BCUT2D eigenvalue weighted by Gasteiger charge is -2.37. The molecule has 2 amide bonds. The molecule has 11 heteroatoms. The first-order valence-electron chi connectivity index (χ1n) is 21.4. The predicted molar refractivity (Wildman–Crippen MR) is 244 cm³/mol. The average molecular weight is 840 g/mol. The van der Waals surface area contributed by atoms with Crippen LogP contribution in [0.2, 0.25) is 18.6 Å². The van der Waals surface area contributed by atoms with Gasteiger partial charge in [-0.15, -0.1) is 5.10 Å². The van der Waals surface area contributed by atoms with Gasteiger partial charge in [0.25, 0.3) is 11.8 Å². The zero-order valence-corrected chi connectivity index (χ0v) is 36.3. The van der Waals surface area contributed by atoms with Crippen molar-refractivity contribution in [3.05, 3.63) is 174 Å². The molecular weight excluding hydrogens is 791 g/mol. The monoisotopic (exact) mass is 839 g/mol. The molecule has 1 fully saturated rings. The minimum absolute atomic E-state index is 0.0430. The molecule has 1 N–H and O–H groups in total. The maximum Gasteiger partial charge on any atom is 0.264 e. The normalized spacial score (nSPS) is 21.0. The lowest BCUT2D eigenvalue weighted by atomic mass is 9.82. The number of benzene rings is 6. The minimum atomic E-state index is -2.38. The number of rotatable bonds is 12. The minimum Gasteiger partial charge on any atom is -0.497 e. The number of carbonyl (C=O) groups excluding carboxylic acids is 2. The van der Waals surface area contributed by atoms with Gasteiger partial charge in [-0.25, -0.2) is 0 Å². The van der Waals surface area contributed by atoms with Gasteiger partial charge in [-0.3, -0.25) is 19.2 Å². The Morgan fingerprint density at radius 3 is 2.29 bits per heavy atom. The summed E-state index contributed by atoms with van der Waals surface area (Å²) >= 11 is 0. The van der Waals surface area contributed by atoms with Gasteiger partial charge in [-0.2, -0.15) is 0 Å². The molecule has 1 spiro atoms. The molecule has 312 valence electrons. The van der Waals surface area contributed by atoms with Crippen molar-refractivity contribution in [2.75, 3.05) is 23.5 Å². The summed E-state index contributed by atoms with van der Waals surface area (Å²) < 4.78 is 14.8. The van der Waals surface area contributed by atoms with Gasteiger partial charge in [0.1, 0.15) is 5.75 Å². The number of carbonyl (C=O) groups is 2. The van der Waals surface area contributed by atoms with Crippen LogP contribution < -0.4 is 19.7 Å². The molecule has 0 bridgehead atoms. The van der Waals surface area contributed by atoms with E-state index in [1.165, 1.54) is 5.19 Å². The second-order valence-corrected chi connectivity index (χ2v) is 22.1. The molecule has 10 nitrogen and oxygen atoms in total. The van der Waals surface area contributed by atoms with E-state index in [4.69, 9.17) is 9.47 Å². The molecule has 7 aromatic rings. The second kappa shape index (κ2) is 15.5. The quantitative estimate of drug-likeness (QED) is 0.123. The van der Waals surface area contributed by atoms with Crippen LogP contribution in [0.15, 0.2) is 146 Å². The molecule has 0 aliphatic carbocycles. The number of hydrogen-bond acceptors (Lipinski definition) is 7. The van der Waals surface area contributed by atoms with Crippen LogP contribution in [-0.2, 0) is 28.2 Å². The number of methoxy groups -OCH3 is 1. The van der Waals surface area contributed by atoms with Gasteiger partial charge in [0.15, 0.2) is 5.60 Å². The van der Waals surface area contributed by atoms with Gasteiger partial charge in [-0.1, -0.05) is 127 Å². The Morgan fingerprint density at radius 2 is 1.55 bits per heavy atom. The Balaban J connectivity index is 0.959. The van der Waals surface area contributed by atoms with Crippen molar-refractivity contribution in [1.82, 2.24) is 15.0 Å². The Morgan fingerprint density at radius 1 is 0.839 bits per heavy atom. The topological polar surface area (TPSA) is 110 Å². The average Bonchev–Trinajstić information content (AvgIpc) is 4.03. The standard InChI is InChI=1S/C51H49N5O5Si/c1-33-48(62(3,4)39-26-24-38(60-2)25-27-39)46(28-29-54-31-43(52-53-54)41(32-57)35-12-6-5-7-13-35)61-51(33)42-17-8-9-18-44(42)55(50(51)59)30-34-20-22-37(23-21-34)56-45-19-11-15-36-14-10-16-40(47(36)45)49(56)58/h5-27,31,33,41,46,48,57H,28-30,32H2,1-4H3/t33-,41?,46+,48-,51+/m1/s1. The van der Waals surface area contributed by atoms with Crippen molar-refractivity contribution in [1.29, 1.82) is 0 Å². The summed E-state index contributed by atoms with van der Waals surface area (Å²) in [5.41, 5.74) is 5.60. The van der Waals surface area contributed by atoms with Gasteiger partial charge < -0.3 is 19.5 Å². The summed E-state index contributed by atoms with van der Waals surface area (Å²) in [5, 5.41) is 22.6. The van der Waals surface area contributed by atoms with Crippen LogP contribution in [0.5, 0.6) is 5.75 Å². The summed E-state index contributed by atoms with van der Waals surface area (Å²) in [4.78, 5) is 32.8. The van der Waals surface area contributed by atoms with E-state index in [0.29, 0.717) is 30.8 Å².